The second-order valence-electron chi connectivity index (χ2n) is 3.28. The number of ether oxygens (including phenoxy) is 1. The zero-order chi connectivity index (χ0) is 14.8. The van der Waals surface area contributed by atoms with Gasteiger partial charge in [-0.1, -0.05) is 0 Å². The van der Waals surface area contributed by atoms with Crippen LogP contribution in [0.5, 0.6) is 0 Å². The fraction of sp³-hybridized carbons (Fsp3) is 0.400. The van der Waals surface area contributed by atoms with Crippen molar-refractivity contribution in [2.24, 2.45) is 0 Å². The lowest BCUT2D eigenvalue weighted by molar-refractivity contribution is -0.140. The highest BCUT2D eigenvalue weighted by atomic mass is 19.4. The summed E-state index contributed by atoms with van der Waals surface area (Å²) in [7, 11) is 0. The lowest BCUT2D eigenvalue weighted by Gasteiger charge is -2.13. The summed E-state index contributed by atoms with van der Waals surface area (Å²) in [4.78, 5) is 13.9. The Morgan fingerprint density at radius 1 is 1.42 bits per heavy atom. The van der Waals surface area contributed by atoms with Crippen molar-refractivity contribution in [1.82, 2.24) is 4.98 Å². The van der Waals surface area contributed by atoms with E-state index in [1.807, 2.05) is 0 Å². The van der Waals surface area contributed by atoms with Gasteiger partial charge >= 0.3 is 12.1 Å². The monoisotopic (exact) mass is 287 g/mol. The molecule has 106 valence electrons. The number of aromatic nitrogens is 1. The van der Waals surface area contributed by atoms with Crippen molar-refractivity contribution >= 4 is 5.97 Å². The second-order valence-corrected chi connectivity index (χ2v) is 3.28. The van der Waals surface area contributed by atoms with Gasteiger partial charge in [-0.15, -0.1) is 0 Å². The van der Waals surface area contributed by atoms with Crippen LogP contribution in [-0.2, 0) is 10.9 Å². The average Bonchev–Trinajstić information content (AvgIpc) is 2.26. The van der Waals surface area contributed by atoms with Crippen LogP contribution in [0, 0.1) is 5.95 Å². The molecule has 0 radical (unpaired) electrons. The first-order valence-corrected chi connectivity index (χ1v) is 4.91. The summed E-state index contributed by atoms with van der Waals surface area (Å²) in [5.74, 6) is -3.37. The highest BCUT2D eigenvalue weighted by molar-refractivity contribution is 5.87. The van der Waals surface area contributed by atoms with E-state index in [1.165, 1.54) is 6.92 Å². The molecule has 0 saturated heterocycles. The Morgan fingerprint density at radius 3 is 2.42 bits per heavy atom. The topological polar surface area (TPSA) is 39.2 Å². The van der Waals surface area contributed by atoms with Crippen LogP contribution < -0.4 is 0 Å². The summed E-state index contributed by atoms with van der Waals surface area (Å²) in [6.45, 7) is 1.19. The first kappa shape index (κ1) is 15.3. The maximum Gasteiger partial charge on any atom is 0.417 e. The number of halogens is 6. The molecule has 0 aliphatic carbocycles. The summed E-state index contributed by atoms with van der Waals surface area (Å²) in [5.41, 5.74) is -4.85. The summed E-state index contributed by atoms with van der Waals surface area (Å²) < 4.78 is 79.9. The number of carbonyl (C=O) groups excluding carboxylic acids is 1. The third-order valence-electron chi connectivity index (χ3n) is 2.02. The fourth-order valence-electron chi connectivity index (χ4n) is 1.28. The lowest BCUT2D eigenvalue weighted by Crippen LogP contribution is -2.17. The molecule has 0 bridgehead atoms. The third kappa shape index (κ3) is 3.36. The van der Waals surface area contributed by atoms with Gasteiger partial charge in [0.2, 0.25) is 5.95 Å². The quantitative estimate of drug-likeness (QED) is 0.486. The highest BCUT2D eigenvalue weighted by Gasteiger charge is 2.39. The van der Waals surface area contributed by atoms with E-state index in [4.69, 9.17) is 0 Å². The predicted molar refractivity (Wildman–Crippen MR) is 50.1 cm³/mol. The predicted octanol–water partition coefficient (Wildman–Crippen LogP) is 3.35. The Hall–Kier alpha value is -1.80. The molecule has 0 aliphatic rings. The molecule has 0 atom stereocenters. The fourth-order valence-corrected chi connectivity index (χ4v) is 1.28. The Labute approximate surface area is 103 Å². The van der Waals surface area contributed by atoms with Crippen LogP contribution in [0.2, 0.25) is 0 Å². The maximum atomic E-state index is 13.2. The normalized spacial score (nSPS) is 11.8. The first-order chi connectivity index (χ1) is 8.68. The molecular formula is C10H7F6NO2. The summed E-state index contributed by atoms with van der Waals surface area (Å²) >= 11 is 0. The van der Waals surface area contributed by atoms with Gasteiger partial charge in [0, 0.05) is 0 Å². The van der Waals surface area contributed by atoms with Crippen molar-refractivity contribution in [3.63, 3.8) is 0 Å². The number of esters is 1. The van der Waals surface area contributed by atoms with Crippen LogP contribution in [0.25, 0.3) is 0 Å². The van der Waals surface area contributed by atoms with Crippen LogP contribution >= 0.6 is 0 Å². The number of hydrogen-bond acceptors (Lipinski definition) is 3. The first-order valence-electron chi connectivity index (χ1n) is 4.91. The Morgan fingerprint density at radius 2 is 2.00 bits per heavy atom. The van der Waals surface area contributed by atoms with Gasteiger partial charge in [0.15, 0.2) is 5.69 Å². The van der Waals surface area contributed by atoms with Gasteiger partial charge < -0.3 is 4.74 Å². The molecule has 0 spiro atoms. The zero-order valence-corrected chi connectivity index (χ0v) is 9.39. The molecule has 9 heteroatoms. The molecule has 1 rings (SSSR count). The van der Waals surface area contributed by atoms with Crippen molar-refractivity contribution in [3.8, 4) is 0 Å². The molecule has 3 nitrogen and oxygen atoms in total. The van der Waals surface area contributed by atoms with E-state index >= 15 is 0 Å². The molecule has 0 aliphatic heterocycles. The number of rotatable bonds is 3. The minimum absolute atomic E-state index is 0.0442. The molecule has 1 aromatic heterocycles. The SMILES string of the molecule is CCOC(=O)c1cc(C(F)(F)F)c(C(F)F)c(F)n1. The third-order valence-corrected chi connectivity index (χ3v) is 2.02. The van der Waals surface area contributed by atoms with E-state index in [9.17, 15) is 31.1 Å². The number of hydrogen-bond donors (Lipinski definition) is 0. The Kier molecular flexibility index (Phi) is 4.38. The molecule has 0 unspecified atom stereocenters. The summed E-state index contributed by atoms with van der Waals surface area (Å²) in [6.07, 6.45) is -8.95. The largest absolute Gasteiger partial charge is 0.461 e. The summed E-state index contributed by atoms with van der Waals surface area (Å²) in [5, 5.41) is 0. The van der Waals surface area contributed by atoms with Crippen molar-refractivity contribution in [1.29, 1.82) is 0 Å². The molecular weight excluding hydrogens is 280 g/mol. The summed E-state index contributed by atoms with van der Waals surface area (Å²) in [6, 6.07) is 0.0442. The minimum atomic E-state index is -5.24. The number of carbonyl (C=O) groups is 1. The lowest BCUT2D eigenvalue weighted by atomic mass is 10.1. The van der Waals surface area contributed by atoms with E-state index in [2.05, 4.69) is 9.72 Å². The minimum Gasteiger partial charge on any atom is -0.461 e. The van der Waals surface area contributed by atoms with Gasteiger partial charge in [-0.05, 0) is 13.0 Å². The molecule has 0 saturated carbocycles. The number of nitrogens with zero attached hydrogens (tertiary/aromatic N) is 1. The Balaban J connectivity index is 3.44. The molecule has 0 fully saturated rings. The Bertz CT molecular complexity index is 486. The van der Waals surface area contributed by atoms with Gasteiger partial charge in [-0.25, -0.2) is 18.6 Å². The van der Waals surface area contributed by atoms with Gasteiger partial charge in [0.1, 0.15) is 0 Å². The molecule has 1 aromatic rings. The molecule has 1 heterocycles. The van der Waals surface area contributed by atoms with E-state index in [1.54, 1.807) is 0 Å². The number of alkyl halides is 5. The van der Waals surface area contributed by atoms with Gasteiger partial charge in [0.25, 0.3) is 6.43 Å². The van der Waals surface area contributed by atoms with E-state index in [-0.39, 0.29) is 12.7 Å². The molecule has 19 heavy (non-hydrogen) atoms. The van der Waals surface area contributed by atoms with E-state index < -0.39 is 41.3 Å². The molecule has 0 aromatic carbocycles. The number of pyridine rings is 1. The van der Waals surface area contributed by atoms with Gasteiger partial charge in [-0.2, -0.15) is 17.6 Å². The molecule has 0 amide bonds. The maximum absolute atomic E-state index is 13.2. The van der Waals surface area contributed by atoms with Crippen molar-refractivity contribution < 1.29 is 35.9 Å². The van der Waals surface area contributed by atoms with Crippen molar-refractivity contribution in [3.05, 3.63) is 28.8 Å². The average molecular weight is 287 g/mol. The van der Waals surface area contributed by atoms with Crippen LogP contribution in [0.4, 0.5) is 26.3 Å². The van der Waals surface area contributed by atoms with Crippen LogP contribution in [0.3, 0.4) is 0 Å². The highest BCUT2D eigenvalue weighted by Crippen LogP contribution is 2.37. The van der Waals surface area contributed by atoms with Crippen molar-refractivity contribution in [2.75, 3.05) is 6.61 Å². The van der Waals surface area contributed by atoms with E-state index in [0.717, 1.165) is 0 Å². The van der Waals surface area contributed by atoms with Crippen LogP contribution in [0.15, 0.2) is 6.07 Å². The van der Waals surface area contributed by atoms with Gasteiger partial charge in [0.05, 0.1) is 17.7 Å². The van der Waals surface area contributed by atoms with Crippen molar-refractivity contribution in [2.45, 2.75) is 19.5 Å². The molecule has 0 N–H and O–H groups in total. The van der Waals surface area contributed by atoms with Crippen LogP contribution in [-0.4, -0.2) is 17.6 Å². The zero-order valence-electron chi connectivity index (χ0n) is 9.39. The van der Waals surface area contributed by atoms with Gasteiger partial charge in [-0.3, -0.25) is 0 Å². The van der Waals surface area contributed by atoms with Crippen LogP contribution in [0.1, 0.15) is 35.0 Å². The smallest absolute Gasteiger partial charge is 0.417 e. The standard InChI is InChI=1S/C10H7F6NO2/c1-2-19-9(18)5-3-4(10(14,15)16)6(7(11)12)8(13)17-5/h3,7H,2H2,1H3. The van der Waals surface area contributed by atoms with E-state index in [0.29, 0.717) is 0 Å². The second kappa shape index (κ2) is 5.45.